The molecule has 1 unspecified atom stereocenters. The molecule has 0 saturated heterocycles. The number of pyridine rings is 1. The Bertz CT molecular complexity index is 814. The predicted octanol–water partition coefficient (Wildman–Crippen LogP) is 2.89. The smallest absolute Gasteiger partial charge is 0.230 e. The van der Waals surface area contributed by atoms with E-state index in [1.54, 1.807) is 6.20 Å². The summed E-state index contributed by atoms with van der Waals surface area (Å²) in [6, 6.07) is 8.08. The quantitative estimate of drug-likeness (QED) is 0.736. The Morgan fingerprint density at radius 2 is 2.18 bits per heavy atom. The average Bonchev–Trinajstić information content (AvgIpc) is 3.02. The molecule has 0 aliphatic rings. The van der Waals surface area contributed by atoms with Gasteiger partial charge in [0.25, 0.3) is 0 Å². The molecule has 0 aromatic carbocycles. The standard InChI is InChI=1S/C16H18N4OS/c1-3-11(2)18-14(21)10-22-16-13-7-5-9-20(13)12-6-4-8-17-15(12)19-16/h4-9,11H,3,10H2,1-2H3,(H,18,21). The van der Waals surface area contributed by atoms with Gasteiger partial charge in [0, 0.05) is 18.4 Å². The molecule has 6 heteroatoms. The zero-order valence-electron chi connectivity index (χ0n) is 12.6. The van der Waals surface area contributed by atoms with Gasteiger partial charge in [0.1, 0.15) is 5.03 Å². The number of thioether (sulfide) groups is 1. The summed E-state index contributed by atoms with van der Waals surface area (Å²) in [5, 5.41) is 3.80. The van der Waals surface area contributed by atoms with Crippen molar-refractivity contribution in [2.24, 2.45) is 0 Å². The summed E-state index contributed by atoms with van der Waals surface area (Å²) < 4.78 is 2.06. The Balaban J connectivity index is 1.86. The Hall–Kier alpha value is -2.08. The summed E-state index contributed by atoms with van der Waals surface area (Å²) >= 11 is 1.45. The fraction of sp³-hybridized carbons (Fsp3) is 0.312. The third-order valence-corrected chi connectivity index (χ3v) is 4.54. The Morgan fingerprint density at radius 1 is 1.36 bits per heavy atom. The summed E-state index contributed by atoms with van der Waals surface area (Å²) in [6.45, 7) is 4.06. The van der Waals surface area contributed by atoms with Crippen molar-refractivity contribution >= 4 is 34.3 Å². The summed E-state index contributed by atoms with van der Waals surface area (Å²) in [5.41, 5.74) is 2.66. The Kier molecular flexibility index (Phi) is 4.29. The number of nitrogens with zero attached hydrogens (tertiary/aromatic N) is 3. The molecule has 114 valence electrons. The van der Waals surface area contributed by atoms with E-state index in [0.717, 1.165) is 22.5 Å². The SMILES string of the molecule is CCC(C)NC(=O)CSc1nc2ncccc2n2cccc12. The van der Waals surface area contributed by atoms with Crippen LogP contribution < -0.4 is 5.32 Å². The molecular weight excluding hydrogens is 296 g/mol. The number of rotatable bonds is 5. The first-order valence-corrected chi connectivity index (χ1v) is 8.31. The predicted molar refractivity (Wildman–Crippen MR) is 89.1 cm³/mol. The zero-order chi connectivity index (χ0) is 15.5. The molecule has 3 rings (SSSR count). The Morgan fingerprint density at radius 3 is 3.00 bits per heavy atom. The molecular formula is C16H18N4OS. The van der Waals surface area contributed by atoms with Crippen LogP contribution in [0.15, 0.2) is 41.7 Å². The molecule has 0 spiro atoms. The van der Waals surface area contributed by atoms with Gasteiger partial charge in [-0.3, -0.25) is 4.79 Å². The molecule has 3 aromatic rings. The van der Waals surface area contributed by atoms with Crippen LogP contribution in [0, 0.1) is 0 Å². The van der Waals surface area contributed by atoms with Crippen LogP contribution in [0.2, 0.25) is 0 Å². The van der Waals surface area contributed by atoms with Gasteiger partial charge in [0.15, 0.2) is 5.65 Å². The van der Waals surface area contributed by atoms with E-state index in [9.17, 15) is 4.79 Å². The molecule has 1 atom stereocenters. The molecule has 22 heavy (non-hydrogen) atoms. The summed E-state index contributed by atoms with van der Waals surface area (Å²) in [6.07, 6.45) is 4.65. The molecule has 0 saturated carbocycles. The highest BCUT2D eigenvalue weighted by Gasteiger charge is 2.12. The van der Waals surface area contributed by atoms with Crippen molar-refractivity contribution in [1.82, 2.24) is 19.7 Å². The minimum atomic E-state index is 0.0342. The summed E-state index contributed by atoms with van der Waals surface area (Å²) in [4.78, 5) is 20.9. The fourth-order valence-electron chi connectivity index (χ4n) is 2.24. The van der Waals surface area contributed by atoms with E-state index in [4.69, 9.17) is 0 Å². The van der Waals surface area contributed by atoms with E-state index < -0.39 is 0 Å². The van der Waals surface area contributed by atoms with Crippen LogP contribution in [-0.2, 0) is 4.79 Å². The number of hydrogen-bond acceptors (Lipinski definition) is 4. The van der Waals surface area contributed by atoms with Gasteiger partial charge >= 0.3 is 0 Å². The average molecular weight is 314 g/mol. The minimum Gasteiger partial charge on any atom is -0.353 e. The topological polar surface area (TPSA) is 59.3 Å². The molecule has 5 nitrogen and oxygen atoms in total. The second kappa shape index (κ2) is 6.36. The molecule has 0 aliphatic heterocycles. The lowest BCUT2D eigenvalue weighted by molar-refractivity contribution is -0.119. The molecule has 1 N–H and O–H groups in total. The molecule has 0 bridgehead atoms. The van der Waals surface area contributed by atoms with Gasteiger partial charge < -0.3 is 9.72 Å². The van der Waals surface area contributed by atoms with Crippen LogP contribution in [-0.4, -0.2) is 32.1 Å². The van der Waals surface area contributed by atoms with E-state index in [1.165, 1.54) is 11.8 Å². The number of amides is 1. The van der Waals surface area contributed by atoms with Crippen LogP contribution >= 0.6 is 11.8 Å². The maximum atomic E-state index is 11.9. The van der Waals surface area contributed by atoms with Gasteiger partial charge in [-0.05, 0) is 37.6 Å². The van der Waals surface area contributed by atoms with Gasteiger partial charge in [-0.25, -0.2) is 9.97 Å². The largest absolute Gasteiger partial charge is 0.353 e. The number of hydrogen-bond donors (Lipinski definition) is 1. The molecule has 0 fully saturated rings. The first kappa shape index (κ1) is 14.8. The highest BCUT2D eigenvalue weighted by Crippen LogP contribution is 2.25. The summed E-state index contributed by atoms with van der Waals surface area (Å²) in [7, 11) is 0. The second-order valence-electron chi connectivity index (χ2n) is 5.19. The highest BCUT2D eigenvalue weighted by molar-refractivity contribution is 8.00. The van der Waals surface area contributed by atoms with E-state index in [1.807, 2.05) is 37.4 Å². The zero-order valence-corrected chi connectivity index (χ0v) is 13.4. The lowest BCUT2D eigenvalue weighted by Crippen LogP contribution is -2.33. The van der Waals surface area contributed by atoms with Crippen molar-refractivity contribution in [2.75, 3.05) is 5.75 Å². The lowest BCUT2D eigenvalue weighted by atomic mass is 10.3. The number of carbonyl (C=O) groups is 1. The van der Waals surface area contributed by atoms with Crippen molar-refractivity contribution in [1.29, 1.82) is 0 Å². The number of carbonyl (C=O) groups excluding carboxylic acids is 1. The summed E-state index contributed by atoms with van der Waals surface area (Å²) in [5.74, 6) is 0.392. The van der Waals surface area contributed by atoms with Gasteiger partial charge in [-0.15, -0.1) is 0 Å². The van der Waals surface area contributed by atoms with Crippen molar-refractivity contribution in [3.05, 3.63) is 36.7 Å². The lowest BCUT2D eigenvalue weighted by Gasteiger charge is -2.11. The van der Waals surface area contributed by atoms with Gasteiger partial charge in [-0.2, -0.15) is 0 Å². The fourth-order valence-corrected chi connectivity index (χ4v) is 3.06. The molecule has 3 aromatic heterocycles. The third-order valence-electron chi connectivity index (χ3n) is 3.56. The van der Waals surface area contributed by atoms with Crippen LogP contribution in [0.1, 0.15) is 20.3 Å². The number of fused-ring (bicyclic) bond motifs is 3. The molecule has 3 heterocycles. The first-order chi connectivity index (χ1) is 10.7. The van der Waals surface area contributed by atoms with E-state index in [0.29, 0.717) is 11.4 Å². The Labute approximate surface area is 133 Å². The second-order valence-corrected chi connectivity index (χ2v) is 6.16. The van der Waals surface area contributed by atoms with Crippen LogP contribution in [0.4, 0.5) is 0 Å². The van der Waals surface area contributed by atoms with Crippen LogP contribution in [0.25, 0.3) is 16.7 Å². The van der Waals surface area contributed by atoms with Crippen molar-refractivity contribution in [3.63, 3.8) is 0 Å². The van der Waals surface area contributed by atoms with E-state index in [2.05, 4.69) is 26.6 Å². The highest BCUT2D eigenvalue weighted by atomic mass is 32.2. The van der Waals surface area contributed by atoms with Crippen LogP contribution in [0.3, 0.4) is 0 Å². The van der Waals surface area contributed by atoms with Crippen molar-refractivity contribution < 1.29 is 4.79 Å². The molecule has 1 amide bonds. The van der Waals surface area contributed by atoms with E-state index >= 15 is 0 Å². The number of aromatic nitrogens is 3. The van der Waals surface area contributed by atoms with Crippen molar-refractivity contribution in [2.45, 2.75) is 31.3 Å². The molecule has 0 aliphatic carbocycles. The maximum absolute atomic E-state index is 11.9. The first-order valence-electron chi connectivity index (χ1n) is 7.33. The van der Waals surface area contributed by atoms with Gasteiger partial charge in [0.05, 0.1) is 16.8 Å². The maximum Gasteiger partial charge on any atom is 0.230 e. The normalized spacial score (nSPS) is 12.6. The van der Waals surface area contributed by atoms with E-state index in [-0.39, 0.29) is 11.9 Å². The number of nitrogens with one attached hydrogen (secondary N) is 1. The van der Waals surface area contributed by atoms with Crippen molar-refractivity contribution in [3.8, 4) is 0 Å². The minimum absolute atomic E-state index is 0.0342. The van der Waals surface area contributed by atoms with Crippen LogP contribution in [0.5, 0.6) is 0 Å². The van der Waals surface area contributed by atoms with Gasteiger partial charge in [-0.1, -0.05) is 18.7 Å². The monoisotopic (exact) mass is 314 g/mol. The third kappa shape index (κ3) is 2.92. The molecule has 0 radical (unpaired) electrons. The van der Waals surface area contributed by atoms with Gasteiger partial charge in [0.2, 0.25) is 5.91 Å².